The van der Waals surface area contributed by atoms with Crippen LogP contribution in [-0.4, -0.2) is 58.2 Å². The van der Waals surface area contributed by atoms with E-state index >= 15 is 0 Å². The van der Waals surface area contributed by atoms with Gasteiger partial charge in [-0.2, -0.15) is 0 Å². The smallest absolute Gasteiger partial charge is 0.326 e. The molecule has 112 valence electrons. The molecule has 1 aliphatic carbocycles. The molecule has 1 saturated carbocycles. The third-order valence-corrected chi connectivity index (χ3v) is 4.78. The standard InChI is InChI=1S/C14H23N3O3/c18-11-5-4-8-16(9-11)10-17-12(19)14(15-13(17)20)6-2-1-3-7-14/h11,18H,1-10H2,(H,15,20)/t11-/m1/s1. The molecule has 3 fully saturated rings. The highest BCUT2D eigenvalue weighted by Crippen LogP contribution is 2.33. The number of hydrogen-bond donors (Lipinski definition) is 2. The maximum Gasteiger partial charge on any atom is 0.326 e. The van der Waals surface area contributed by atoms with E-state index in [1.165, 1.54) is 4.90 Å². The molecule has 0 aromatic heterocycles. The zero-order chi connectivity index (χ0) is 14.2. The van der Waals surface area contributed by atoms with Crippen LogP contribution in [-0.2, 0) is 4.79 Å². The molecule has 0 unspecified atom stereocenters. The molecular weight excluding hydrogens is 258 g/mol. The lowest BCUT2D eigenvalue weighted by molar-refractivity contribution is -0.134. The fourth-order valence-electron chi connectivity index (χ4n) is 3.66. The highest BCUT2D eigenvalue weighted by Gasteiger charge is 2.51. The van der Waals surface area contributed by atoms with E-state index < -0.39 is 5.54 Å². The summed E-state index contributed by atoms with van der Waals surface area (Å²) in [6.07, 6.45) is 6.05. The normalized spacial score (nSPS) is 30.9. The molecule has 2 saturated heterocycles. The predicted octanol–water partition coefficient (Wildman–Crippen LogP) is 0.655. The van der Waals surface area contributed by atoms with E-state index in [1.54, 1.807) is 0 Å². The van der Waals surface area contributed by atoms with E-state index in [0.717, 1.165) is 51.5 Å². The van der Waals surface area contributed by atoms with Gasteiger partial charge >= 0.3 is 6.03 Å². The number of aliphatic hydroxyl groups is 1. The summed E-state index contributed by atoms with van der Waals surface area (Å²) in [7, 11) is 0. The van der Waals surface area contributed by atoms with Crippen molar-refractivity contribution in [3.05, 3.63) is 0 Å². The molecule has 6 heteroatoms. The van der Waals surface area contributed by atoms with Crippen LogP contribution in [0.25, 0.3) is 0 Å². The Labute approximate surface area is 119 Å². The first-order valence-electron chi connectivity index (χ1n) is 7.65. The topological polar surface area (TPSA) is 72.9 Å². The number of imide groups is 1. The lowest BCUT2D eigenvalue weighted by atomic mass is 9.82. The third kappa shape index (κ3) is 2.42. The minimum atomic E-state index is -0.635. The summed E-state index contributed by atoms with van der Waals surface area (Å²) >= 11 is 0. The number of piperidine rings is 1. The number of nitrogens with zero attached hydrogens (tertiary/aromatic N) is 2. The van der Waals surface area contributed by atoms with E-state index in [0.29, 0.717) is 13.2 Å². The van der Waals surface area contributed by atoms with Crippen molar-refractivity contribution in [2.75, 3.05) is 19.8 Å². The largest absolute Gasteiger partial charge is 0.392 e. The summed E-state index contributed by atoms with van der Waals surface area (Å²) in [4.78, 5) is 28.0. The first-order valence-corrected chi connectivity index (χ1v) is 7.65. The van der Waals surface area contributed by atoms with Crippen LogP contribution in [0.1, 0.15) is 44.9 Å². The molecule has 1 atom stereocenters. The van der Waals surface area contributed by atoms with Gasteiger partial charge in [-0.05, 0) is 25.7 Å². The van der Waals surface area contributed by atoms with Crippen molar-refractivity contribution < 1.29 is 14.7 Å². The number of rotatable bonds is 2. The zero-order valence-electron chi connectivity index (χ0n) is 11.8. The van der Waals surface area contributed by atoms with Gasteiger partial charge in [0.15, 0.2) is 0 Å². The van der Waals surface area contributed by atoms with E-state index in [2.05, 4.69) is 5.32 Å². The van der Waals surface area contributed by atoms with Crippen LogP contribution in [0, 0.1) is 0 Å². The van der Waals surface area contributed by atoms with Gasteiger partial charge in [0.25, 0.3) is 5.91 Å². The molecule has 1 spiro atoms. The van der Waals surface area contributed by atoms with Gasteiger partial charge in [0.1, 0.15) is 5.54 Å². The maximum atomic E-state index is 12.6. The molecule has 3 amide bonds. The quantitative estimate of drug-likeness (QED) is 0.729. The molecule has 6 nitrogen and oxygen atoms in total. The second-order valence-corrected chi connectivity index (χ2v) is 6.32. The van der Waals surface area contributed by atoms with Gasteiger partial charge in [-0.3, -0.25) is 9.69 Å². The minimum absolute atomic E-state index is 0.0673. The Bertz CT molecular complexity index is 406. The molecule has 0 bridgehead atoms. The summed E-state index contributed by atoms with van der Waals surface area (Å²) in [5.74, 6) is -0.0673. The van der Waals surface area contributed by atoms with Crippen LogP contribution < -0.4 is 5.32 Å². The van der Waals surface area contributed by atoms with E-state index in [1.807, 2.05) is 4.90 Å². The number of likely N-dealkylation sites (tertiary alicyclic amines) is 1. The second kappa shape index (κ2) is 5.33. The molecule has 2 N–H and O–H groups in total. The van der Waals surface area contributed by atoms with Gasteiger partial charge in [-0.25, -0.2) is 9.69 Å². The average Bonchev–Trinajstić information content (AvgIpc) is 2.64. The van der Waals surface area contributed by atoms with Crippen LogP contribution in [0.4, 0.5) is 4.79 Å². The lowest BCUT2D eigenvalue weighted by Crippen LogP contribution is -2.50. The molecule has 2 aliphatic heterocycles. The summed E-state index contributed by atoms with van der Waals surface area (Å²) < 4.78 is 0. The Kier molecular flexibility index (Phi) is 3.69. The Hall–Kier alpha value is -1.14. The Morgan fingerprint density at radius 3 is 2.65 bits per heavy atom. The van der Waals surface area contributed by atoms with Crippen molar-refractivity contribution in [2.24, 2.45) is 0 Å². The Morgan fingerprint density at radius 1 is 1.20 bits per heavy atom. The number of carbonyl (C=O) groups is 2. The first kappa shape index (κ1) is 13.8. The highest BCUT2D eigenvalue weighted by molar-refractivity contribution is 6.07. The van der Waals surface area contributed by atoms with Crippen molar-refractivity contribution in [2.45, 2.75) is 56.6 Å². The van der Waals surface area contributed by atoms with Crippen molar-refractivity contribution >= 4 is 11.9 Å². The third-order valence-electron chi connectivity index (χ3n) is 4.78. The van der Waals surface area contributed by atoms with Crippen LogP contribution in [0.5, 0.6) is 0 Å². The summed E-state index contributed by atoms with van der Waals surface area (Å²) in [6, 6.07) is -0.267. The Morgan fingerprint density at radius 2 is 1.95 bits per heavy atom. The number of nitrogens with one attached hydrogen (secondary N) is 1. The molecular formula is C14H23N3O3. The number of β-amino-alcohol motifs (C(OH)–C–C–N with tert-alkyl or cyclic N) is 1. The molecule has 0 aromatic rings. The van der Waals surface area contributed by atoms with Crippen LogP contribution in [0.2, 0.25) is 0 Å². The molecule has 3 aliphatic rings. The minimum Gasteiger partial charge on any atom is -0.392 e. The number of urea groups is 1. The maximum absolute atomic E-state index is 12.6. The van der Waals surface area contributed by atoms with Gasteiger partial charge in [0.2, 0.25) is 0 Å². The SMILES string of the molecule is O=C1NC2(CCCCC2)C(=O)N1CN1CCC[C@@H](O)C1. The van der Waals surface area contributed by atoms with E-state index in [4.69, 9.17) is 0 Å². The van der Waals surface area contributed by atoms with Gasteiger partial charge < -0.3 is 10.4 Å². The van der Waals surface area contributed by atoms with E-state index in [-0.39, 0.29) is 18.0 Å². The molecule has 20 heavy (non-hydrogen) atoms. The van der Waals surface area contributed by atoms with Crippen molar-refractivity contribution in [3.8, 4) is 0 Å². The van der Waals surface area contributed by atoms with Gasteiger partial charge in [0.05, 0.1) is 12.8 Å². The summed E-state index contributed by atoms with van der Waals surface area (Å²) in [5.41, 5.74) is -0.635. The number of hydrogen-bond acceptors (Lipinski definition) is 4. The van der Waals surface area contributed by atoms with Crippen LogP contribution >= 0.6 is 0 Å². The molecule has 3 rings (SSSR count). The lowest BCUT2D eigenvalue weighted by Gasteiger charge is -2.33. The monoisotopic (exact) mass is 281 g/mol. The van der Waals surface area contributed by atoms with E-state index in [9.17, 15) is 14.7 Å². The highest BCUT2D eigenvalue weighted by atomic mass is 16.3. The number of amides is 3. The summed E-state index contributed by atoms with van der Waals surface area (Å²) in [6.45, 7) is 1.69. The molecule has 0 radical (unpaired) electrons. The summed E-state index contributed by atoms with van der Waals surface area (Å²) in [5, 5.41) is 12.6. The van der Waals surface area contributed by atoms with Crippen molar-refractivity contribution in [1.29, 1.82) is 0 Å². The van der Waals surface area contributed by atoms with Crippen molar-refractivity contribution in [1.82, 2.24) is 15.1 Å². The zero-order valence-corrected chi connectivity index (χ0v) is 11.8. The average molecular weight is 281 g/mol. The fourth-order valence-corrected chi connectivity index (χ4v) is 3.66. The van der Waals surface area contributed by atoms with Gasteiger partial charge in [-0.15, -0.1) is 0 Å². The second-order valence-electron chi connectivity index (χ2n) is 6.32. The Balaban J connectivity index is 1.67. The number of aliphatic hydroxyl groups excluding tert-OH is 1. The van der Waals surface area contributed by atoms with Gasteiger partial charge in [-0.1, -0.05) is 19.3 Å². The number of carbonyl (C=O) groups excluding carboxylic acids is 2. The van der Waals surface area contributed by atoms with Crippen LogP contribution in [0.15, 0.2) is 0 Å². The molecule has 0 aromatic carbocycles. The van der Waals surface area contributed by atoms with Gasteiger partial charge in [0, 0.05) is 13.1 Å². The first-order chi connectivity index (χ1) is 9.61. The van der Waals surface area contributed by atoms with Crippen molar-refractivity contribution in [3.63, 3.8) is 0 Å². The fraction of sp³-hybridized carbons (Fsp3) is 0.857. The molecule has 2 heterocycles. The predicted molar refractivity (Wildman–Crippen MR) is 72.9 cm³/mol. The van der Waals surface area contributed by atoms with Crippen LogP contribution in [0.3, 0.4) is 0 Å².